The molecule has 1 aliphatic rings. The monoisotopic (exact) mass is 182 g/mol. The normalized spacial score (nSPS) is 16.3. The minimum absolute atomic E-state index is 0.564. The summed E-state index contributed by atoms with van der Waals surface area (Å²) in [5.41, 5.74) is 8.15. The first-order valence-electron chi connectivity index (χ1n) is 4.99. The Morgan fingerprint density at radius 1 is 1.54 bits per heavy atom. The average molecular weight is 182 g/mol. The number of azide groups is 1. The smallest absolute Gasteiger partial charge is 0.0385 e. The lowest BCUT2D eigenvalue weighted by Gasteiger charge is -2.25. The summed E-state index contributed by atoms with van der Waals surface area (Å²) in [6, 6.07) is 0.564. The molecular formula is C9H18N4. The second-order valence-corrected chi connectivity index (χ2v) is 3.99. The molecular weight excluding hydrogens is 164 g/mol. The molecule has 0 N–H and O–H groups in total. The minimum atomic E-state index is 0.564. The topological polar surface area (TPSA) is 52.0 Å². The second kappa shape index (κ2) is 5.10. The standard InChI is InChI=1S/C9H18N4/c1-8(2)13(6-5-11-12-10)7-9-3-4-9/h8-9H,3-7H2,1-2H3. The summed E-state index contributed by atoms with van der Waals surface area (Å²) in [6.45, 7) is 7.06. The fraction of sp³-hybridized carbons (Fsp3) is 1.00. The fourth-order valence-corrected chi connectivity index (χ4v) is 1.41. The van der Waals surface area contributed by atoms with Crippen LogP contribution >= 0.6 is 0 Å². The predicted molar refractivity (Wildman–Crippen MR) is 53.4 cm³/mol. The molecule has 0 amide bonds. The molecule has 0 aliphatic heterocycles. The van der Waals surface area contributed by atoms with Crippen molar-refractivity contribution in [3.63, 3.8) is 0 Å². The van der Waals surface area contributed by atoms with E-state index in [1.165, 1.54) is 19.4 Å². The Hall–Kier alpha value is -0.730. The molecule has 0 unspecified atom stereocenters. The van der Waals surface area contributed by atoms with Crippen molar-refractivity contribution >= 4 is 0 Å². The van der Waals surface area contributed by atoms with Crippen molar-refractivity contribution in [1.29, 1.82) is 0 Å². The minimum Gasteiger partial charge on any atom is -0.301 e. The Kier molecular flexibility index (Phi) is 4.06. The Bertz CT molecular complexity index is 192. The van der Waals surface area contributed by atoms with Crippen LogP contribution in [0.3, 0.4) is 0 Å². The molecule has 1 fully saturated rings. The molecule has 0 spiro atoms. The Morgan fingerprint density at radius 3 is 2.69 bits per heavy atom. The van der Waals surface area contributed by atoms with Gasteiger partial charge < -0.3 is 4.90 Å². The lowest BCUT2D eigenvalue weighted by atomic mass is 10.2. The molecule has 0 radical (unpaired) electrons. The van der Waals surface area contributed by atoms with Crippen LogP contribution in [0.4, 0.5) is 0 Å². The van der Waals surface area contributed by atoms with Gasteiger partial charge in [-0.3, -0.25) is 0 Å². The van der Waals surface area contributed by atoms with Crippen LogP contribution in [0.5, 0.6) is 0 Å². The van der Waals surface area contributed by atoms with Crippen LogP contribution in [0.2, 0.25) is 0 Å². The Balaban J connectivity index is 2.23. The maximum atomic E-state index is 8.15. The van der Waals surface area contributed by atoms with Crippen molar-refractivity contribution in [3.05, 3.63) is 10.4 Å². The van der Waals surface area contributed by atoms with Crippen molar-refractivity contribution in [2.24, 2.45) is 11.0 Å². The van der Waals surface area contributed by atoms with Crippen LogP contribution in [0, 0.1) is 5.92 Å². The highest BCUT2D eigenvalue weighted by molar-refractivity contribution is 4.78. The first kappa shape index (κ1) is 10.4. The van der Waals surface area contributed by atoms with Gasteiger partial charge in [0.2, 0.25) is 0 Å². The van der Waals surface area contributed by atoms with Gasteiger partial charge in [-0.2, -0.15) is 0 Å². The third-order valence-electron chi connectivity index (χ3n) is 2.47. The molecule has 74 valence electrons. The van der Waals surface area contributed by atoms with Gasteiger partial charge in [0.25, 0.3) is 0 Å². The van der Waals surface area contributed by atoms with Gasteiger partial charge >= 0.3 is 0 Å². The van der Waals surface area contributed by atoms with Crippen LogP contribution in [0.15, 0.2) is 5.11 Å². The van der Waals surface area contributed by atoms with Crippen molar-refractivity contribution in [2.75, 3.05) is 19.6 Å². The van der Waals surface area contributed by atoms with Gasteiger partial charge in [0, 0.05) is 30.6 Å². The summed E-state index contributed by atoms with van der Waals surface area (Å²) < 4.78 is 0. The molecule has 0 bridgehead atoms. The quantitative estimate of drug-likeness (QED) is 0.353. The Labute approximate surface area is 79.5 Å². The van der Waals surface area contributed by atoms with Crippen molar-refractivity contribution in [3.8, 4) is 0 Å². The number of hydrogen-bond donors (Lipinski definition) is 0. The van der Waals surface area contributed by atoms with Gasteiger partial charge in [-0.15, -0.1) is 0 Å². The lowest BCUT2D eigenvalue weighted by molar-refractivity contribution is 0.219. The summed E-state index contributed by atoms with van der Waals surface area (Å²) in [5, 5.41) is 3.56. The molecule has 1 aliphatic carbocycles. The highest BCUT2D eigenvalue weighted by Crippen LogP contribution is 2.30. The van der Waals surface area contributed by atoms with E-state index in [0.717, 1.165) is 12.5 Å². The van der Waals surface area contributed by atoms with Gasteiger partial charge in [-0.1, -0.05) is 5.11 Å². The highest BCUT2D eigenvalue weighted by Gasteiger charge is 2.24. The van der Waals surface area contributed by atoms with Crippen LogP contribution in [-0.4, -0.2) is 30.6 Å². The van der Waals surface area contributed by atoms with Crippen LogP contribution in [-0.2, 0) is 0 Å². The first-order valence-corrected chi connectivity index (χ1v) is 4.99. The molecule has 4 heteroatoms. The third-order valence-corrected chi connectivity index (χ3v) is 2.47. The van der Waals surface area contributed by atoms with E-state index in [9.17, 15) is 0 Å². The predicted octanol–water partition coefficient (Wildman–Crippen LogP) is 2.42. The second-order valence-electron chi connectivity index (χ2n) is 3.99. The number of nitrogens with zero attached hydrogens (tertiary/aromatic N) is 4. The lowest BCUT2D eigenvalue weighted by Crippen LogP contribution is -2.34. The summed E-state index contributed by atoms with van der Waals surface area (Å²) >= 11 is 0. The van der Waals surface area contributed by atoms with Crippen LogP contribution < -0.4 is 0 Å². The zero-order valence-corrected chi connectivity index (χ0v) is 8.48. The zero-order chi connectivity index (χ0) is 9.68. The van der Waals surface area contributed by atoms with E-state index in [4.69, 9.17) is 5.53 Å². The molecule has 4 nitrogen and oxygen atoms in total. The SMILES string of the molecule is CC(C)N(CCN=[N+]=[N-])CC1CC1. The summed E-state index contributed by atoms with van der Waals surface area (Å²) in [7, 11) is 0. The zero-order valence-electron chi connectivity index (χ0n) is 8.48. The number of rotatable bonds is 6. The summed E-state index contributed by atoms with van der Waals surface area (Å²) in [6.07, 6.45) is 2.76. The van der Waals surface area contributed by atoms with Crippen LogP contribution in [0.1, 0.15) is 26.7 Å². The molecule has 0 aromatic rings. The molecule has 0 saturated heterocycles. The van der Waals surface area contributed by atoms with E-state index >= 15 is 0 Å². The fourth-order valence-electron chi connectivity index (χ4n) is 1.41. The van der Waals surface area contributed by atoms with E-state index in [1.807, 2.05) is 0 Å². The Morgan fingerprint density at radius 2 is 2.23 bits per heavy atom. The summed E-state index contributed by atoms with van der Waals surface area (Å²) in [5.74, 6) is 0.911. The van der Waals surface area contributed by atoms with Gasteiger partial charge in [-0.25, -0.2) is 0 Å². The summed E-state index contributed by atoms with van der Waals surface area (Å²) in [4.78, 5) is 5.16. The van der Waals surface area contributed by atoms with Gasteiger partial charge in [-0.05, 0) is 38.1 Å². The largest absolute Gasteiger partial charge is 0.301 e. The molecule has 0 atom stereocenters. The molecule has 0 aromatic heterocycles. The van der Waals surface area contributed by atoms with Gasteiger partial charge in [0.05, 0.1) is 0 Å². The molecule has 0 aromatic carbocycles. The molecule has 1 saturated carbocycles. The van der Waals surface area contributed by atoms with E-state index < -0.39 is 0 Å². The molecule has 1 rings (SSSR count). The third kappa shape index (κ3) is 4.15. The average Bonchev–Trinajstić information content (AvgIpc) is 2.86. The molecule has 0 heterocycles. The van der Waals surface area contributed by atoms with Gasteiger partial charge in [0.1, 0.15) is 0 Å². The van der Waals surface area contributed by atoms with Crippen molar-refractivity contribution < 1.29 is 0 Å². The maximum Gasteiger partial charge on any atom is 0.0385 e. The van der Waals surface area contributed by atoms with E-state index in [-0.39, 0.29) is 0 Å². The van der Waals surface area contributed by atoms with E-state index in [0.29, 0.717) is 12.6 Å². The van der Waals surface area contributed by atoms with E-state index in [2.05, 4.69) is 28.8 Å². The molecule has 13 heavy (non-hydrogen) atoms. The van der Waals surface area contributed by atoms with Crippen molar-refractivity contribution in [1.82, 2.24) is 4.90 Å². The van der Waals surface area contributed by atoms with E-state index in [1.54, 1.807) is 0 Å². The van der Waals surface area contributed by atoms with Crippen molar-refractivity contribution in [2.45, 2.75) is 32.7 Å². The van der Waals surface area contributed by atoms with Gasteiger partial charge in [0.15, 0.2) is 0 Å². The number of hydrogen-bond acceptors (Lipinski definition) is 2. The maximum absolute atomic E-state index is 8.15. The highest BCUT2D eigenvalue weighted by atomic mass is 15.2. The van der Waals surface area contributed by atoms with Crippen LogP contribution in [0.25, 0.3) is 10.4 Å². The first-order chi connectivity index (χ1) is 6.24.